The first-order valence-corrected chi connectivity index (χ1v) is 8.45. The highest BCUT2D eigenvalue weighted by Gasteiger charge is 2.26. The topological polar surface area (TPSA) is 31.4 Å². The molecule has 0 aromatic carbocycles. The van der Waals surface area contributed by atoms with Crippen LogP contribution in [-0.4, -0.2) is 49.2 Å². The summed E-state index contributed by atoms with van der Waals surface area (Å²) >= 11 is 0. The number of aromatic nitrogens is 1. The maximum Gasteiger partial charge on any atom is 0.0442 e. The molecule has 0 saturated carbocycles. The van der Waals surface area contributed by atoms with Crippen molar-refractivity contribution in [2.24, 2.45) is 0 Å². The minimum atomic E-state index is 0.816. The molecular weight excluding hydrogens is 260 g/mol. The highest BCUT2D eigenvalue weighted by molar-refractivity contribution is 5.52. The first kappa shape index (κ1) is 14.8. The average molecular weight is 288 g/mol. The van der Waals surface area contributed by atoms with Crippen molar-refractivity contribution in [3.8, 4) is 0 Å². The van der Waals surface area contributed by atoms with Crippen molar-refractivity contribution < 1.29 is 0 Å². The van der Waals surface area contributed by atoms with Gasteiger partial charge in [-0.2, -0.15) is 0 Å². The zero-order chi connectivity index (χ0) is 14.5. The summed E-state index contributed by atoms with van der Waals surface area (Å²) in [5, 5.41) is 3.25. The molecule has 21 heavy (non-hydrogen) atoms. The number of nitrogens with one attached hydrogen (secondary N) is 1. The molecule has 0 bridgehead atoms. The maximum absolute atomic E-state index is 4.27. The van der Waals surface area contributed by atoms with E-state index in [-0.39, 0.29) is 0 Å². The molecule has 2 fully saturated rings. The lowest BCUT2D eigenvalue weighted by atomic mass is 9.99. The Morgan fingerprint density at radius 3 is 2.62 bits per heavy atom. The second-order valence-corrected chi connectivity index (χ2v) is 6.35. The van der Waals surface area contributed by atoms with Gasteiger partial charge in [0.15, 0.2) is 0 Å². The highest BCUT2D eigenvalue weighted by atomic mass is 15.2. The van der Waals surface area contributed by atoms with Crippen molar-refractivity contribution in [3.05, 3.63) is 24.0 Å². The predicted octanol–water partition coefficient (Wildman–Crippen LogP) is 2.26. The molecule has 1 aromatic heterocycles. The number of likely N-dealkylation sites (tertiary alicyclic amines) is 1. The summed E-state index contributed by atoms with van der Waals surface area (Å²) < 4.78 is 0. The molecular formula is C17H28N4. The predicted molar refractivity (Wildman–Crippen MR) is 87.7 cm³/mol. The number of pyridine rings is 1. The molecule has 3 rings (SSSR count). The molecule has 0 amide bonds. The van der Waals surface area contributed by atoms with Gasteiger partial charge in [-0.15, -0.1) is 0 Å². The molecule has 0 atom stereocenters. The van der Waals surface area contributed by atoms with Gasteiger partial charge in [0.25, 0.3) is 0 Å². The number of piperidine rings is 2. The molecule has 0 radical (unpaired) electrons. The lowest BCUT2D eigenvalue weighted by Gasteiger charge is -2.41. The molecule has 2 aliphatic rings. The van der Waals surface area contributed by atoms with Gasteiger partial charge >= 0.3 is 0 Å². The number of nitrogens with zero attached hydrogens (tertiary/aromatic N) is 3. The van der Waals surface area contributed by atoms with E-state index in [0.717, 1.165) is 12.6 Å². The number of anilines is 1. The Bertz CT molecular complexity index is 434. The highest BCUT2D eigenvalue weighted by Crippen LogP contribution is 2.26. The van der Waals surface area contributed by atoms with Crippen molar-refractivity contribution in [1.29, 1.82) is 0 Å². The summed E-state index contributed by atoms with van der Waals surface area (Å²) in [6.07, 6.45) is 10.8. The minimum Gasteiger partial charge on any atom is -0.371 e. The van der Waals surface area contributed by atoms with Crippen LogP contribution in [0, 0.1) is 0 Å². The van der Waals surface area contributed by atoms with Crippen molar-refractivity contribution in [2.75, 3.05) is 38.1 Å². The fraction of sp³-hybridized carbons (Fsp3) is 0.706. The standard InChI is InChI=1S/C17H28N4/c1-18-13-15-14-19-8-5-17(15)21-11-6-16(7-12-21)20-9-3-2-4-10-20/h5,8,14,16,18H,2-4,6-7,9-13H2,1H3. The lowest BCUT2D eigenvalue weighted by Crippen LogP contribution is -2.47. The molecule has 1 aromatic rings. The van der Waals surface area contributed by atoms with E-state index in [0.29, 0.717) is 0 Å². The molecule has 0 aliphatic carbocycles. The summed E-state index contributed by atoms with van der Waals surface area (Å²) in [5.74, 6) is 0. The molecule has 116 valence electrons. The quantitative estimate of drug-likeness (QED) is 0.921. The SMILES string of the molecule is CNCc1cnccc1N1CCC(N2CCCCC2)CC1. The first-order valence-electron chi connectivity index (χ1n) is 8.45. The van der Waals surface area contributed by atoms with Gasteiger partial charge in [0.1, 0.15) is 0 Å². The fourth-order valence-corrected chi connectivity index (χ4v) is 3.81. The third-order valence-corrected chi connectivity index (χ3v) is 4.96. The largest absolute Gasteiger partial charge is 0.371 e. The van der Waals surface area contributed by atoms with Gasteiger partial charge in [-0.1, -0.05) is 6.42 Å². The van der Waals surface area contributed by atoms with Gasteiger partial charge < -0.3 is 15.1 Å². The van der Waals surface area contributed by atoms with Gasteiger partial charge in [-0.05, 0) is 51.9 Å². The minimum absolute atomic E-state index is 0.816. The molecule has 2 saturated heterocycles. The number of hydrogen-bond donors (Lipinski definition) is 1. The Morgan fingerprint density at radius 1 is 1.14 bits per heavy atom. The Morgan fingerprint density at radius 2 is 1.90 bits per heavy atom. The van der Waals surface area contributed by atoms with Crippen LogP contribution in [0.4, 0.5) is 5.69 Å². The fourth-order valence-electron chi connectivity index (χ4n) is 3.81. The van der Waals surface area contributed by atoms with Crippen LogP contribution in [0.3, 0.4) is 0 Å². The Kier molecular flexibility index (Phi) is 5.09. The summed E-state index contributed by atoms with van der Waals surface area (Å²) in [6, 6.07) is 2.99. The number of hydrogen-bond acceptors (Lipinski definition) is 4. The van der Waals surface area contributed by atoms with E-state index < -0.39 is 0 Å². The summed E-state index contributed by atoms with van der Waals surface area (Å²) in [7, 11) is 2.00. The second-order valence-electron chi connectivity index (χ2n) is 6.35. The van der Waals surface area contributed by atoms with Crippen molar-refractivity contribution >= 4 is 5.69 Å². The summed E-state index contributed by atoms with van der Waals surface area (Å²) in [5.41, 5.74) is 2.69. The smallest absolute Gasteiger partial charge is 0.0442 e. The number of rotatable bonds is 4. The van der Waals surface area contributed by atoms with E-state index in [4.69, 9.17) is 0 Å². The molecule has 0 spiro atoms. The summed E-state index contributed by atoms with van der Waals surface area (Å²) in [6.45, 7) is 5.91. The molecule has 2 aliphatic heterocycles. The zero-order valence-corrected chi connectivity index (χ0v) is 13.2. The van der Waals surface area contributed by atoms with E-state index in [1.54, 1.807) is 0 Å². The van der Waals surface area contributed by atoms with E-state index in [1.807, 2.05) is 19.4 Å². The Balaban J connectivity index is 1.60. The second kappa shape index (κ2) is 7.23. The average Bonchev–Trinajstić information content (AvgIpc) is 2.57. The lowest BCUT2D eigenvalue weighted by molar-refractivity contribution is 0.141. The van der Waals surface area contributed by atoms with Crippen LogP contribution in [0.1, 0.15) is 37.7 Å². The van der Waals surface area contributed by atoms with Crippen molar-refractivity contribution in [1.82, 2.24) is 15.2 Å². The van der Waals surface area contributed by atoms with E-state index >= 15 is 0 Å². The maximum atomic E-state index is 4.27. The first-order chi connectivity index (χ1) is 10.4. The molecule has 0 unspecified atom stereocenters. The zero-order valence-electron chi connectivity index (χ0n) is 13.2. The molecule has 3 heterocycles. The summed E-state index contributed by atoms with van der Waals surface area (Å²) in [4.78, 5) is 9.56. The van der Waals surface area contributed by atoms with Crippen molar-refractivity contribution in [2.45, 2.75) is 44.7 Å². The monoisotopic (exact) mass is 288 g/mol. The Hall–Kier alpha value is -1.13. The molecule has 4 heteroatoms. The normalized spacial score (nSPS) is 21.7. The van der Waals surface area contributed by atoms with Gasteiger partial charge in [0, 0.05) is 49.3 Å². The van der Waals surface area contributed by atoms with Crippen LogP contribution < -0.4 is 10.2 Å². The van der Waals surface area contributed by atoms with Crippen LogP contribution in [-0.2, 0) is 6.54 Å². The van der Waals surface area contributed by atoms with E-state index in [1.165, 1.54) is 69.5 Å². The van der Waals surface area contributed by atoms with Crippen LogP contribution >= 0.6 is 0 Å². The van der Waals surface area contributed by atoms with Gasteiger partial charge in [-0.3, -0.25) is 4.98 Å². The van der Waals surface area contributed by atoms with Crippen molar-refractivity contribution in [3.63, 3.8) is 0 Å². The van der Waals surface area contributed by atoms with E-state index in [9.17, 15) is 0 Å². The third-order valence-electron chi connectivity index (χ3n) is 4.96. The molecule has 1 N–H and O–H groups in total. The molecule has 4 nitrogen and oxygen atoms in total. The van der Waals surface area contributed by atoms with Crippen LogP contribution in [0.2, 0.25) is 0 Å². The van der Waals surface area contributed by atoms with Crippen LogP contribution in [0.5, 0.6) is 0 Å². The van der Waals surface area contributed by atoms with Crippen LogP contribution in [0.25, 0.3) is 0 Å². The van der Waals surface area contributed by atoms with Gasteiger partial charge in [0.2, 0.25) is 0 Å². The Labute approximate surface area is 128 Å². The van der Waals surface area contributed by atoms with Gasteiger partial charge in [-0.25, -0.2) is 0 Å². The third kappa shape index (κ3) is 3.55. The van der Waals surface area contributed by atoms with E-state index in [2.05, 4.69) is 26.2 Å². The van der Waals surface area contributed by atoms with Crippen LogP contribution in [0.15, 0.2) is 18.5 Å². The van der Waals surface area contributed by atoms with Gasteiger partial charge in [0.05, 0.1) is 0 Å².